The quantitative estimate of drug-likeness (QED) is 0.871. The highest BCUT2D eigenvalue weighted by molar-refractivity contribution is 6.14. The van der Waals surface area contributed by atoms with Crippen molar-refractivity contribution in [2.24, 2.45) is 5.41 Å². The lowest BCUT2D eigenvalue weighted by atomic mass is 9.94. The molecule has 0 saturated carbocycles. The van der Waals surface area contributed by atoms with E-state index in [1.807, 2.05) is 26.8 Å². The molecule has 0 saturated heterocycles. The van der Waals surface area contributed by atoms with Crippen molar-refractivity contribution < 1.29 is 14.3 Å². The molecule has 2 aromatic carbocycles. The van der Waals surface area contributed by atoms with E-state index in [2.05, 4.69) is 5.32 Å². The summed E-state index contributed by atoms with van der Waals surface area (Å²) < 4.78 is 5.20. The monoisotopic (exact) mass is 311 g/mol. The Morgan fingerprint density at radius 2 is 1.65 bits per heavy atom. The van der Waals surface area contributed by atoms with Gasteiger partial charge in [0, 0.05) is 16.5 Å². The number of nitrogens with one attached hydrogen (secondary N) is 1. The van der Waals surface area contributed by atoms with E-state index in [0.717, 1.165) is 0 Å². The minimum Gasteiger partial charge on any atom is -0.497 e. The summed E-state index contributed by atoms with van der Waals surface area (Å²) in [5.74, 6) is 0.261. The molecule has 0 aliphatic heterocycles. The van der Waals surface area contributed by atoms with E-state index in [-0.39, 0.29) is 11.7 Å². The third-order valence-corrected chi connectivity index (χ3v) is 3.44. The highest BCUT2D eigenvalue weighted by Gasteiger charge is 2.23. The van der Waals surface area contributed by atoms with Crippen LogP contribution in [0.1, 0.15) is 36.7 Å². The Bertz CT molecular complexity index is 715. The second-order valence-corrected chi connectivity index (χ2v) is 6.31. The van der Waals surface area contributed by atoms with Crippen molar-refractivity contribution in [3.05, 3.63) is 59.7 Å². The van der Waals surface area contributed by atoms with Crippen LogP contribution >= 0.6 is 0 Å². The smallest absolute Gasteiger partial charge is 0.229 e. The molecule has 4 nitrogen and oxygen atoms in total. The van der Waals surface area contributed by atoms with Crippen molar-refractivity contribution in [1.82, 2.24) is 0 Å². The molecule has 0 heterocycles. The molecule has 23 heavy (non-hydrogen) atoms. The first-order valence-corrected chi connectivity index (χ1v) is 7.42. The van der Waals surface area contributed by atoms with Gasteiger partial charge in [-0.05, 0) is 18.2 Å². The molecular weight excluding hydrogens is 290 g/mol. The molecule has 4 heteroatoms. The van der Waals surface area contributed by atoms with Gasteiger partial charge < -0.3 is 10.1 Å². The fraction of sp³-hybridized carbons (Fsp3) is 0.263. The Kier molecular flexibility index (Phi) is 4.84. The van der Waals surface area contributed by atoms with Crippen LogP contribution in [-0.4, -0.2) is 18.8 Å². The molecule has 2 rings (SSSR count). The fourth-order valence-electron chi connectivity index (χ4n) is 2.00. The molecule has 0 atom stereocenters. The Hall–Kier alpha value is -2.62. The van der Waals surface area contributed by atoms with E-state index in [9.17, 15) is 9.59 Å². The Morgan fingerprint density at radius 1 is 1.00 bits per heavy atom. The van der Waals surface area contributed by atoms with Gasteiger partial charge in [0.2, 0.25) is 5.91 Å². The van der Waals surface area contributed by atoms with Crippen LogP contribution in [0.3, 0.4) is 0 Å². The van der Waals surface area contributed by atoms with E-state index < -0.39 is 5.41 Å². The van der Waals surface area contributed by atoms with E-state index in [0.29, 0.717) is 22.6 Å². The predicted octanol–water partition coefficient (Wildman–Crippen LogP) is 3.91. The summed E-state index contributed by atoms with van der Waals surface area (Å²) in [6.45, 7) is 5.47. The minimum atomic E-state index is -0.549. The van der Waals surface area contributed by atoms with Crippen molar-refractivity contribution in [2.45, 2.75) is 20.8 Å². The summed E-state index contributed by atoms with van der Waals surface area (Å²) in [5.41, 5.74) is 0.909. The first-order valence-electron chi connectivity index (χ1n) is 7.42. The number of benzene rings is 2. The lowest BCUT2D eigenvalue weighted by molar-refractivity contribution is -0.123. The van der Waals surface area contributed by atoms with Gasteiger partial charge in [-0.1, -0.05) is 51.1 Å². The average molecular weight is 311 g/mol. The van der Waals surface area contributed by atoms with Crippen molar-refractivity contribution in [2.75, 3.05) is 12.4 Å². The second-order valence-electron chi connectivity index (χ2n) is 6.31. The van der Waals surface area contributed by atoms with Crippen LogP contribution in [0.2, 0.25) is 0 Å². The van der Waals surface area contributed by atoms with Gasteiger partial charge >= 0.3 is 0 Å². The van der Waals surface area contributed by atoms with Gasteiger partial charge in [-0.3, -0.25) is 9.59 Å². The fourth-order valence-corrected chi connectivity index (χ4v) is 2.00. The van der Waals surface area contributed by atoms with Crippen LogP contribution < -0.4 is 10.1 Å². The molecule has 0 spiro atoms. The Morgan fingerprint density at radius 3 is 2.22 bits per heavy atom. The molecule has 1 amide bonds. The number of ketones is 1. The number of hydrogen-bond acceptors (Lipinski definition) is 3. The molecule has 0 aromatic heterocycles. The number of rotatable bonds is 4. The third kappa shape index (κ3) is 3.97. The van der Waals surface area contributed by atoms with Crippen LogP contribution in [0.15, 0.2) is 48.5 Å². The maximum Gasteiger partial charge on any atom is 0.229 e. The summed E-state index contributed by atoms with van der Waals surface area (Å²) in [6, 6.07) is 14.0. The maximum atomic E-state index is 12.8. The number of hydrogen-bond donors (Lipinski definition) is 1. The molecule has 0 bridgehead atoms. The van der Waals surface area contributed by atoms with Crippen LogP contribution in [0.5, 0.6) is 5.75 Å². The Balaban J connectivity index is 2.44. The van der Waals surface area contributed by atoms with E-state index in [4.69, 9.17) is 4.74 Å². The topological polar surface area (TPSA) is 55.4 Å². The van der Waals surface area contributed by atoms with Gasteiger partial charge in [-0.15, -0.1) is 0 Å². The van der Waals surface area contributed by atoms with Gasteiger partial charge in [0.25, 0.3) is 0 Å². The van der Waals surface area contributed by atoms with Crippen LogP contribution in [0.25, 0.3) is 0 Å². The highest BCUT2D eigenvalue weighted by Crippen LogP contribution is 2.26. The summed E-state index contributed by atoms with van der Waals surface area (Å²) in [4.78, 5) is 25.0. The molecule has 120 valence electrons. The van der Waals surface area contributed by atoms with Gasteiger partial charge in [0.05, 0.1) is 12.8 Å². The number of carbonyl (C=O) groups excluding carboxylic acids is 2. The lowest BCUT2D eigenvalue weighted by Crippen LogP contribution is -2.28. The van der Waals surface area contributed by atoms with E-state index in [1.165, 1.54) is 0 Å². The normalized spacial score (nSPS) is 11.0. The molecule has 2 aromatic rings. The average Bonchev–Trinajstić information content (AvgIpc) is 2.54. The maximum absolute atomic E-state index is 12.8. The largest absolute Gasteiger partial charge is 0.497 e. The molecule has 0 aliphatic rings. The molecule has 0 aliphatic carbocycles. The Labute approximate surface area is 136 Å². The van der Waals surface area contributed by atoms with Crippen molar-refractivity contribution >= 4 is 17.4 Å². The predicted molar refractivity (Wildman–Crippen MR) is 91.0 cm³/mol. The van der Waals surface area contributed by atoms with Gasteiger partial charge in [0.15, 0.2) is 5.78 Å². The number of ether oxygens (including phenoxy) is 1. The zero-order valence-electron chi connectivity index (χ0n) is 13.8. The standard InChI is InChI=1S/C19H21NO3/c1-19(2,3)18(22)20-16-11-10-14(23-4)12-15(16)17(21)13-8-6-5-7-9-13/h5-12H,1-4H3,(H,20,22). The zero-order valence-corrected chi connectivity index (χ0v) is 13.8. The van der Waals surface area contributed by atoms with Gasteiger partial charge in [-0.25, -0.2) is 0 Å². The summed E-state index contributed by atoms with van der Waals surface area (Å²) in [7, 11) is 1.54. The lowest BCUT2D eigenvalue weighted by Gasteiger charge is -2.19. The van der Waals surface area contributed by atoms with Crippen molar-refractivity contribution in [3.8, 4) is 5.75 Å². The summed E-state index contributed by atoms with van der Waals surface area (Å²) in [5, 5.41) is 2.84. The minimum absolute atomic E-state index is 0.148. The molecule has 0 unspecified atom stereocenters. The number of carbonyl (C=O) groups is 2. The zero-order chi connectivity index (χ0) is 17.0. The third-order valence-electron chi connectivity index (χ3n) is 3.44. The first-order chi connectivity index (χ1) is 10.8. The second kappa shape index (κ2) is 6.65. The number of amides is 1. The van der Waals surface area contributed by atoms with Gasteiger partial charge in [0.1, 0.15) is 5.75 Å². The molecule has 1 N–H and O–H groups in total. The number of anilines is 1. The summed E-state index contributed by atoms with van der Waals surface area (Å²) >= 11 is 0. The van der Waals surface area contributed by atoms with Crippen molar-refractivity contribution in [1.29, 1.82) is 0 Å². The highest BCUT2D eigenvalue weighted by atomic mass is 16.5. The SMILES string of the molecule is COc1ccc(NC(=O)C(C)(C)C)c(C(=O)c2ccccc2)c1. The molecule has 0 fully saturated rings. The van der Waals surface area contributed by atoms with Crippen molar-refractivity contribution in [3.63, 3.8) is 0 Å². The molecular formula is C19H21NO3. The molecule has 0 radical (unpaired) electrons. The first kappa shape index (κ1) is 16.7. The van der Waals surface area contributed by atoms with Gasteiger partial charge in [-0.2, -0.15) is 0 Å². The van der Waals surface area contributed by atoms with E-state index >= 15 is 0 Å². The van der Waals surface area contributed by atoms with Crippen LogP contribution in [-0.2, 0) is 4.79 Å². The van der Waals surface area contributed by atoms with Crippen LogP contribution in [0, 0.1) is 5.41 Å². The van der Waals surface area contributed by atoms with E-state index in [1.54, 1.807) is 49.6 Å². The number of methoxy groups -OCH3 is 1. The van der Waals surface area contributed by atoms with Crippen LogP contribution in [0.4, 0.5) is 5.69 Å². The summed E-state index contributed by atoms with van der Waals surface area (Å²) in [6.07, 6.45) is 0.